The molecule has 0 atom stereocenters. The Morgan fingerprint density at radius 3 is 2.29 bits per heavy atom. The van der Waals surface area contributed by atoms with E-state index in [1.807, 2.05) is 0 Å². The van der Waals surface area contributed by atoms with Gasteiger partial charge in [-0.1, -0.05) is 13.3 Å². The highest BCUT2D eigenvalue weighted by Crippen LogP contribution is 2.02. The summed E-state index contributed by atoms with van der Waals surface area (Å²) in [4.78, 5) is 2.46. The number of hydrogen-bond acceptors (Lipinski definition) is 3. The van der Waals surface area contributed by atoms with E-state index in [0.29, 0.717) is 0 Å². The van der Waals surface area contributed by atoms with E-state index >= 15 is 0 Å². The van der Waals surface area contributed by atoms with Crippen LogP contribution in [-0.2, 0) is 4.74 Å². The molecule has 17 heavy (non-hydrogen) atoms. The minimum Gasteiger partial charge on any atom is -0.383 e. The smallest absolute Gasteiger partial charge is 0.0589 e. The van der Waals surface area contributed by atoms with Gasteiger partial charge in [0.2, 0.25) is 0 Å². The molecule has 0 aliphatic carbocycles. The molecule has 0 aromatic rings. The Hall–Kier alpha value is -0.120. The van der Waals surface area contributed by atoms with Crippen molar-refractivity contribution < 1.29 is 4.74 Å². The van der Waals surface area contributed by atoms with Crippen molar-refractivity contribution in [2.45, 2.75) is 52.5 Å². The average Bonchev–Trinajstić information content (AvgIpc) is 2.25. The summed E-state index contributed by atoms with van der Waals surface area (Å²) in [5.74, 6) is 0. The van der Waals surface area contributed by atoms with Crippen LogP contribution in [0.5, 0.6) is 0 Å². The van der Waals surface area contributed by atoms with Crippen LogP contribution >= 0.6 is 0 Å². The van der Waals surface area contributed by atoms with Crippen LogP contribution < -0.4 is 5.32 Å². The topological polar surface area (TPSA) is 24.5 Å². The first-order chi connectivity index (χ1) is 7.99. The van der Waals surface area contributed by atoms with Gasteiger partial charge in [0.25, 0.3) is 0 Å². The molecule has 0 saturated heterocycles. The lowest BCUT2D eigenvalue weighted by atomic mass is 10.1. The molecule has 0 radical (unpaired) electrons. The summed E-state index contributed by atoms with van der Waals surface area (Å²) in [6.07, 6.45) is 3.88. The van der Waals surface area contributed by atoms with E-state index in [1.54, 1.807) is 7.11 Å². The highest BCUT2D eigenvalue weighted by atomic mass is 16.5. The van der Waals surface area contributed by atoms with E-state index in [9.17, 15) is 0 Å². The molecule has 0 aromatic carbocycles. The van der Waals surface area contributed by atoms with Crippen LogP contribution in [0.3, 0.4) is 0 Å². The summed E-state index contributed by atoms with van der Waals surface area (Å²) in [6, 6.07) is 0. The quantitative estimate of drug-likeness (QED) is 0.598. The summed E-state index contributed by atoms with van der Waals surface area (Å²) in [5, 5.41) is 3.52. The summed E-state index contributed by atoms with van der Waals surface area (Å²) >= 11 is 0. The Kier molecular flexibility index (Phi) is 9.79. The van der Waals surface area contributed by atoms with Crippen LogP contribution in [0.2, 0.25) is 0 Å². The average molecular weight is 244 g/mol. The van der Waals surface area contributed by atoms with Crippen LogP contribution in [0.1, 0.15) is 47.0 Å². The molecule has 1 N–H and O–H groups in total. The van der Waals surface area contributed by atoms with E-state index in [2.05, 4.69) is 37.9 Å². The monoisotopic (exact) mass is 244 g/mol. The molecule has 0 fully saturated rings. The fraction of sp³-hybridized carbons (Fsp3) is 1.00. The predicted octanol–water partition coefficient (Wildman–Crippen LogP) is 2.51. The number of ether oxygens (including phenoxy) is 1. The van der Waals surface area contributed by atoms with Gasteiger partial charge in [0, 0.05) is 19.2 Å². The van der Waals surface area contributed by atoms with Gasteiger partial charge in [-0.2, -0.15) is 0 Å². The zero-order valence-corrected chi connectivity index (χ0v) is 12.5. The maximum absolute atomic E-state index is 5.10. The van der Waals surface area contributed by atoms with Gasteiger partial charge in [-0.15, -0.1) is 0 Å². The Labute approximate surface area is 108 Å². The predicted molar refractivity (Wildman–Crippen MR) is 75.6 cm³/mol. The van der Waals surface area contributed by atoms with E-state index < -0.39 is 0 Å². The van der Waals surface area contributed by atoms with Crippen molar-refractivity contribution in [1.82, 2.24) is 10.2 Å². The van der Waals surface area contributed by atoms with Gasteiger partial charge in [-0.25, -0.2) is 0 Å². The molecule has 0 aromatic heterocycles. The van der Waals surface area contributed by atoms with E-state index in [-0.39, 0.29) is 5.54 Å². The number of nitrogens with one attached hydrogen (secondary N) is 1. The second kappa shape index (κ2) is 9.86. The number of nitrogens with zero attached hydrogens (tertiary/aromatic N) is 1. The maximum atomic E-state index is 5.10. The van der Waals surface area contributed by atoms with Crippen molar-refractivity contribution in [2.75, 3.05) is 39.9 Å². The van der Waals surface area contributed by atoms with Crippen LogP contribution in [0.15, 0.2) is 0 Å². The third-order valence-electron chi connectivity index (χ3n) is 2.87. The first-order valence-electron chi connectivity index (χ1n) is 6.96. The van der Waals surface area contributed by atoms with Crippen LogP contribution in [0.25, 0.3) is 0 Å². The molecule has 0 spiro atoms. The van der Waals surface area contributed by atoms with Gasteiger partial charge in [-0.3, -0.25) is 0 Å². The standard InChI is InChI=1S/C14H32N2O/c1-6-16(12-13-17-5)11-9-7-8-10-15-14(2,3)4/h15H,6-13H2,1-5H3. The highest BCUT2D eigenvalue weighted by Gasteiger charge is 2.07. The van der Waals surface area contributed by atoms with Gasteiger partial charge < -0.3 is 15.0 Å². The third-order valence-corrected chi connectivity index (χ3v) is 2.87. The second-order valence-electron chi connectivity index (χ2n) is 5.66. The Balaban J connectivity index is 3.36. The zero-order chi connectivity index (χ0) is 13.1. The zero-order valence-electron chi connectivity index (χ0n) is 12.5. The Morgan fingerprint density at radius 1 is 1.06 bits per heavy atom. The lowest BCUT2D eigenvalue weighted by molar-refractivity contribution is 0.149. The maximum Gasteiger partial charge on any atom is 0.0589 e. The van der Waals surface area contributed by atoms with Gasteiger partial charge in [0.05, 0.1) is 6.61 Å². The lowest BCUT2D eigenvalue weighted by Crippen LogP contribution is -2.36. The Morgan fingerprint density at radius 2 is 1.76 bits per heavy atom. The van der Waals surface area contributed by atoms with Gasteiger partial charge in [-0.05, 0) is 53.2 Å². The van der Waals surface area contributed by atoms with E-state index in [4.69, 9.17) is 4.74 Å². The summed E-state index contributed by atoms with van der Waals surface area (Å²) in [6.45, 7) is 14.2. The number of unbranched alkanes of at least 4 members (excludes halogenated alkanes) is 2. The first-order valence-corrected chi connectivity index (χ1v) is 6.96. The molecule has 0 unspecified atom stereocenters. The number of likely N-dealkylation sites (N-methyl/N-ethyl adjacent to an activating group) is 1. The molecule has 0 aliphatic heterocycles. The third kappa shape index (κ3) is 12.1. The molecule has 0 bridgehead atoms. The van der Waals surface area contributed by atoms with Crippen molar-refractivity contribution in [1.29, 1.82) is 0 Å². The van der Waals surface area contributed by atoms with Gasteiger partial charge in [0.15, 0.2) is 0 Å². The van der Waals surface area contributed by atoms with E-state index in [1.165, 1.54) is 25.8 Å². The normalized spacial score (nSPS) is 12.4. The van der Waals surface area contributed by atoms with Crippen molar-refractivity contribution in [3.63, 3.8) is 0 Å². The summed E-state index contributed by atoms with van der Waals surface area (Å²) < 4.78 is 5.10. The molecule has 0 rings (SSSR count). The van der Waals surface area contributed by atoms with Gasteiger partial charge >= 0.3 is 0 Å². The van der Waals surface area contributed by atoms with E-state index in [0.717, 1.165) is 26.2 Å². The minimum absolute atomic E-state index is 0.258. The SMILES string of the molecule is CCN(CCCCCNC(C)(C)C)CCOC. The fourth-order valence-electron chi connectivity index (χ4n) is 1.75. The fourth-order valence-corrected chi connectivity index (χ4v) is 1.75. The highest BCUT2D eigenvalue weighted by molar-refractivity contribution is 4.69. The number of methoxy groups -OCH3 is 1. The van der Waals surface area contributed by atoms with Crippen molar-refractivity contribution >= 4 is 0 Å². The van der Waals surface area contributed by atoms with Crippen molar-refractivity contribution in [3.8, 4) is 0 Å². The number of hydrogen-bond donors (Lipinski definition) is 1. The summed E-state index contributed by atoms with van der Waals surface area (Å²) in [5.41, 5.74) is 0.258. The second-order valence-corrected chi connectivity index (χ2v) is 5.66. The Bertz CT molecular complexity index is 166. The van der Waals surface area contributed by atoms with Crippen LogP contribution in [0.4, 0.5) is 0 Å². The lowest BCUT2D eigenvalue weighted by Gasteiger charge is -2.21. The molecular weight excluding hydrogens is 212 g/mol. The molecular formula is C14H32N2O. The molecule has 3 heteroatoms. The molecule has 0 saturated carbocycles. The van der Waals surface area contributed by atoms with Crippen LogP contribution in [-0.4, -0.2) is 50.3 Å². The number of rotatable bonds is 10. The minimum atomic E-state index is 0.258. The first kappa shape index (κ1) is 16.9. The largest absolute Gasteiger partial charge is 0.383 e. The van der Waals surface area contributed by atoms with Crippen molar-refractivity contribution in [3.05, 3.63) is 0 Å². The van der Waals surface area contributed by atoms with Gasteiger partial charge in [0.1, 0.15) is 0 Å². The molecule has 0 aliphatic rings. The molecule has 0 amide bonds. The summed E-state index contributed by atoms with van der Waals surface area (Å²) in [7, 11) is 1.77. The molecule has 104 valence electrons. The van der Waals surface area contributed by atoms with Crippen molar-refractivity contribution in [2.24, 2.45) is 0 Å². The molecule has 3 nitrogen and oxygen atoms in total. The van der Waals surface area contributed by atoms with Crippen LogP contribution in [0, 0.1) is 0 Å². The molecule has 0 heterocycles.